The molecule has 1 saturated carbocycles. The number of allylic oxidation sites excluding steroid dienone is 2. The molecule has 0 saturated heterocycles. The van der Waals surface area contributed by atoms with Crippen molar-refractivity contribution < 1.29 is 13.2 Å². The summed E-state index contributed by atoms with van der Waals surface area (Å²) in [6.07, 6.45) is 5.22. The maximum absolute atomic E-state index is 13.1. The molecule has 0 unspecified atom stereocenters. The summed E-state index contributed by atoms with van der Waals surface area (Å²) >= 11 is 3.45. The first-order valence-corrected chi connectivity index (χ1v) is 11.6. The minimum Gasteiger partial charge on any atom is -0.298 e. The predicted octanol–water partition coefficient (Wildman–Crippen LogP) is 4.71. The smallest absolute Gasteiger partial charge is 0.185 e. The standard InChI is InChI=1S/C22H21BrO3S/c1-14-2-10-19(11-3-14)27(25,26)13-20(24)22-17-5-4-16(12-17)21(22)15-6-8-18(23)9-7-15/h2-11,16-17,21-22H,12-13H2,1H3/t16-,17+,21+,22-/m1/s1. The molecule has 0 heterocycles. The van der Waals surface area contributed by atoms with Crippen molar-refractivity contribution in [1.82, 2.24) is 0 Å². The molecular weight excluding hydrogens is 424 g/mol. The van der Waals surface area contributed by atoms with Crippen LogP contribution in [-0.4, -0.2) is 20.0 Å². The van der Waals surface area contributed by atoms with Crippen LogP contribution in [0.25, 0.3) is 0 Å². The van der Waals surface area contributed by atoms with Crippen LogP contribution in [0.5, 0.6) is 0 Å². The third-order valence-corrected chi connectivity index (χ3v) is 7.98. The van der Waals surface area contributed by atoms with Gasteiger partial charge in [-0.15, -0.1) is 0 Å². The summed E-state index contributed by atoms with van der Waals surface area (Å²) in [6, 6.07) is 14.8. The van der Waals surface area contributed by atoms with Gasteiger partial charge in [-0.05, 0) is 55.0 Å². The molecule has 0 amide bonds. The van der Waals surface area contributed by atoms with Crippen LogP contribution in [0.15, 0.2) is 70.1 Å². The molecule has 2 aliphatic rings. The largest absolute Gasteiger partial charge is 0.298 e. The number of benzene rings is 2. The Morgan fingerprint density at radius 2 is 1.63 bits per heavy atom. The van der Waals surface area contributed by atoms with Crippen molar-refractivity contribution in [2.24, 2.45) is 17.8 Å². The van der Waals surface area contributed by atoms with E-state index in [0.717, 1.165) is 22.0 Å². The molecule has 0 aliphatic heterocycles. The van der Waals surface area contributed by atoms with Gasteiger partial charge in [0.05, 0.1) is 4.90 Å². The quantitative estimate of drug-likeness (QED) is 0.627. The van der Waals surface area contributed by atoms with E-state index in [1.165, 1.54) is 0 Å². The molecule has 3 nitrogen and oxygen atoms in total. The van der Waals surface area contributed by atoms with Gasteiger partial charge in [0.25, 0.3) is 0 Å². The van der Waals surface area contributed by atoms with Gasteiger partial charge in [-0.25, -0.2) is 8.42 Å². The molecule has 2 aliphatic carbocycles. The van der Waals surface area contributed by atoms with Gasteiger partial charge >= 0.3 is 0 Å². The maximum atomic E-state index is 13.1. The molecule has 5 heteroatoms. The van der Waals surface area contributed by atoms with Crippen LogP contribution in [0.3, 0.4) is 0 Å². The fourth-order valence-corrected chi connectivity index (χ4v) is 6.06. The first kappa shape index (κ1) is 18.6. The van der Waals surface area contributed by atoms with Crippen molar-refractivity contribution in [1.29, 1.82) is 0 Å². The molecule has 0 N–H and O–H groups in total. The number of rotatable bonds is 5. The Bertz CT molecular complexity index is 991. The van der Waals surface area contributed by atoms with Crippen LogP contribution in [0.2, 0.25) is 0 Å². The Hall–Kier alpha value is -1.72. The van der Waals surface area contributed by atoms with E-state index in [1.54, 1.807) is 24.3 Å². The number of hydrogen-bond acceptors (Lipinski definition) is 3. The van der Waals surface area contributed by atoms with E-state index in [-0.39, 0.29) is 28.4 Å². The number of aryl methyl sites for hydroxylation is 1. The second kappa shape index (κ2) is 7.02. The highest BCUT2D eigenvalue weighted by Gasteiger charge is 2.49. The molecule has 4 atom stereocenters. The predicted molar refractivity (Wildman–Crippen MR) is 109 cm³/mol. The van der Waals surface area contributed by atoms with Crippen molar-refractivity contribution in [2.45, 2.75) is 24.2 Å². The lowest BCUT2D eigenvalue weighted by Gasteiger charge is -2.27. The molecule has 4 rings (SSSR count). The van der Waals surface area contributed by atoms with E-state index < -0.39 is 15.6 Å². The third-order valence-electron chi connectivity index (χ3n) is 5.80. The first-order valence-electron chi connectivity index (χ1n) is 9.11. The van der Waals surface area contributed by atoms with Crippen molar-refractivity contribution in [3.8, 4) is 0 Å². The number of fused-ring (bicyclic) bond motifs is 2. The molecule has 0 radical (unpaired) electrons. The lowest BCUT2D eigenvalue weighted by atomic mass is 9.77. The first-order chi connectivity index (χ1) is 12.8. The van der Waals surface area contributed by atoms with Crippen LogP contribution in [-0.2, 0) is 14.6 Å². The fourth-order valence-electron chi connectivity index (χ4n) is 4.51. The van der Waals surface area contributed by atoms with Gasteiger partial charge in [0, 0.05) is 16.3 Å². The van der Waals surface area contributed by atoms with Crippen LogP contribution >= 0.6 is 15.9 Å². The van der Waals surface area contributed by atoms with Crippen molar-refractivity contribution in [3.05, 3.63) is 76.3 Å². The Balaban J connectivity index is 1.61. The summed E-state index contributed by atoms with van der Waals surface area (Å²) in [4.78, 5) is 13.3. The van der Waals surface area contributed by atoms with Gasteiger partial charge in [-0.3, -0.25) is 4.79 Å². The second-order valence-electron chi connectivity index (χ2n) is 7.59. The van der Waals surface area contributed by atoms with Gasteiger partial charge in [0.2, 0.25) is 0 Å². The maximum Gasteiger partial charge on any atom is 0.185 e. The molecule has 140 valence electrons. The zero-order chi connectivity index (χ0) is 19.2. The van der Waals surface area contributed by atoms with E-state index >= 15 is 0 Å². The summed E-state index contributed by atoms with van der Waals surface area (Å²) in [5.74, 6) is -0.336. The van der Waals surface area contributed by atoms with Crippen LogP contribution < -0.4 is 0 Å². The fraction of sp³-hybridized carbons (Fsp3) is 0.318. The highest BCUT2D eigenvalue weighted by Crippen LogP contribution is 2.53. The summed E-state index contributed by atoms with van der Waals surface area (Å²) in [5.41, 5.74) is 2.11. The molecule has 27 heavy (non-hydrogen) atoms. The second-order valence-corrected chi connectivity index (χ2v) is 10.5. The summed E-state index contributed by atoms with van der Waals surface area (Å²) < 4.78 is 26.5. The summed E-state index contributed by atoms with van der Waals surface area (Å²) in [5, 5.41) is 0. The van der Waals surface area contributed by atoms with Crippen molar-refractivity contribution in [2.75, 3.05) is 5.75 Å². The van der Waals surface area contributed by atoms with Gasteiger partial charge in [0.1, 0.15) is 5.75 Å². The molecule has 0 aromatic heterocycles. The van der Waals surface area contributed by atoms with Crippen LogP contribution in [0, 0.1) is 24.7 Å². The molecule has 0 spiro atoms. The Kier molecular flexibility index (Phi) is 4.85. The Morgan fingerprint density at radius 1 is 1.00 bits per heavy atom. The molecule has 2 bridgehead atoms. The van der Waals surface area contributed by atoms with Gasteiger partial charge in [-0.1, -0.05) is 57.9 Å². The highest BCUT2D eigenvalue weighted by atomic mass is 79.9. The number of ketones is 1. The van der Waals surface area contributed by atoms with Crippen molar-refractivity contribution >= 4 is 31.6 Å². The molecule has 1 fully saturated rings. The zero-order valence-corrected chi connectivity index (χ0v) is 17.4. The van der Waals surface area contributed by atoms with E-state index in [2.05, 4.69) is 28.1 Å². The number of Topliss-reactive ketones (excluding diaryl/α,β-unsaturated/α-hetero) is 1. The topological polar surface area (TPSA) is 51.2 Å². The highest BCUT2D eigenvalue weighted by molar-refractivity contribution is 9.10. The van der Waals surface area contributed by atoms with E-state index in [9.17, 15) is 13.2 Å². The van der Waals surface area contributed by atoms with Crippen LogP contribution in [0.1, 0.15) is 23.5 Å². The zero-order valence-electron chi connectivity index (χ0n) is 15.0. The molecular formula is C22H21BrO3S. The SMILES string of the molecule is Cc1ccc(S(=O)(=O)CC(=O)[C@@H]2[C@@H](c3ccc(Br)cc3)[C@@H]3C=C[C@H]2C3)cc1. The van der Waals surface area contributed by atoms with Gasteiger partial charge in [0.15, 0.2) is 15.6 Å². The minimum atomic E-state index is -3.62. The van der Waals surface area contributed by atoms with Crippen LogP contribution in [0.4, 0.5) is 0 Å². The average molecular weight is 445 g/mol. The molecule has 2 aromatic rings. The van der Waals surface area contributed by atoms with E-state index in [1.807, 2.05) is 31.2 Å². The average Bonchev–Trinajstić information content (AvgIpc) is 3.24. The Morgan fingerprint density at radius 3 is 2.30 bits per heavy atom. The summed E-state index contributed by atoms with van der Waals surface area (Å²) in [6.45, 7) is 1.91. The third kappa shape index (κ3) is 3.55. The number of sulfone groups is 1. The molecule has 2 aromatic carbocycles. The van der Waals surface area contributed by atoms with Gasteiger partial charge < -0.3 is 0 Å². The normalized spacial score (nSPS) is 26.4. The minimum absolute atomic E-state index is 0.0637. The number of carbonyl (C=O) groups excluding carboxylic acids is 1. The lowest BCUT2D eigenvalue weighted by molar-refractivity contribution is -0.121. The monoisotopic (exact) mass is 444 g/mol. The van der Waals surface area contributed by atoms with E-state index in [0.29, 0.717) is 5.92 Å². The van der Waals surface area contributed by atoms with Gasteiger partial charge in [-0.2, -0.15) is 0 Å². The lowest BCUT2D eigenvalue weighted by Crippen LogP contribution is -2.31. The number of hydrogen-bond donors (Lipinski definition) is 0. The van der Waals surface area contributed by atoms with Crippen molar-refractivity contribution in [3.63, 3.8) is 0 Å². The Labute approximate surface area is 168 Å². The summed E-state index contributed by atoms with van der Waals surface area (Å²) in [7, 11) is -3.62. The number of carbonyl (C=O) groups is 1. The number of halogens is 1. The van der Waals surface area contributed by atoms with E-state index in [4.69, 9.17) is 0 Å².